The van der Waals surface area contributed by atoms with Gasteiger partial charge in [0.25, 0.3) is 5.56 Å². The summed E-state index contributed by atoms with van der Waals surface area (Å²) in [5.41, 5.74) is 1.90. The lowest BCUT2D eigenvalue weighted by Crippen LogP contribution is -2.28. The van der Waals surface area contributed by atoms with E-state index in [1.54, 1.807) is 19.1 Å². The summed E-state index contributed by atoms with van der Waals surface area (Å²) in [5, 5.41) is 4.29. The fraction of sp³-hybridized carbons (Fsp3) is 0.250. The van der Waals surface area contributed by atoms with Gasteiger partial charge in [0, 0.05) is 29.5 Å². The van der Waals surface area contributed by atoms with Gasteiger partial charge in [-0.3, -0.25) is 9.59 Å². The van der Waals surface area contributed by atoms with E-state index in [4.69, 9.17) is 0 Å². The Balaban J connectivity index is 1.86. The first-order chi connectivity index (χ1) is 10.1. The van der Waals surface area contributed by atoms with Crippen LogP contribution in [0.2, 0.25) is 0 Å². The molecule has 0 bridgehead atoms. The van der Waals surface area contributed by atoms with Gasteiger partial charge in [-0.2, -0.15) is 9.78 Å². The summed E-state index contributed by atoms with van der Waals surface area (Å²) in [6, 6.07) is 10.6. The average Bonchev–Trinajstić information content (AvgIpc) is 2.48. The second-order valence-corrected chi connectivity index (χ2v) is 5.10. The van der Waals surface area contributed by atoms with Crippen LogP contribution in [0.4, 0.5) is 0 Å². The molecular formula is C16H15N3O2. The minimum absolute atomic E-state index is 0.0194. The molecule has 0 amide bonds. The van der Waals surface area contributed by atoms with E-state index in [0.29, 0.717) is 29.9 Å². The van der Waals surface area contributed by atoms with Crippen molar-refractivity contribution in [3.8, 4) is 0 Å². The van der Waals surface area contributed by atoms with Crippen molar-refractivity contribution in [1.82, 2.24) is 9.66 Å². The molecule has 3 rings (SSSR count). The molecule has 1 aromatic heterocycles. The molecule has 5 nitrogen and oxygen atoms in total. The predicted molar refractivity (Wildman–Crippen MR) is 79.8 cm³/mol. The van der Waals surface area contributed by atoms with Crippen molar-refractivity contribution in [2.45, 2.75) is 26.2 Å². The van der Waals surface area contributed by atoms with Gasteiger partial charge >= 0.3 is 0 Å². The molecule has 5 heteroatoms. The second-order valence-electron chi connectivity index (χ2n) is 5.10. The van der Waals surface area contributed by atoms with Crippen LogP contribution in [0.1, 0.15) is 34.7 Å². The summed E-state index contributed by atoms with van der Waals surface area (Å²) in [6.45, 7) is 1.79. The standard InChI is InChI=1S/C16H15N3O2/c1-11-9-16(21)19-15(17-11)8-7-13(18-19)10-14(20)12-5-3-2-4-6-12/h2-6,9H,7-8,10H2,1H3. The topological polar surface area (TPSA) is 64.3 Å². The molecule has 2 aromatic rings. The third-order valence-electron chi connectivity index (χ3n) is 3.43. The van der Waals surface area contributed by atoms with Crippen LogP contribution in [0, 0.1) is 6.92 Å². The van der Waals surface area contributed by atoms with Crippen LogP contribution in [-0.2, 0) is 6.42 Å². The Morgan fingerprint density at radius 2 is 2.00 bits per heavy atom. The number of fused-ring (bicyclic) bond motifs is 1. The van der Waals surface area contributed by atoms with Gasteiger partial charge in [0.2, 0.25) is 0 Å². The van der Waals surface area contributed by atoms with Crippen LogP contribution in [0.5, 0.6) is 0 Å². The zero-order valence-electron chi connectivity index (χ0n) is 11.7. The summed E-state index contributed by atoms with van der Waals surface area (Å²) < 4.78 is 1.31. The van der Waals surface area contributed by atoms with E-state index in [9.17, 15) is 9.59 Å². The van der Waals surface area contributed by atoms with Crippen molar-refractivity contribution >= 4 is 11.5 Å². The Morgan fingerprint density at radius 3 is 2.76 bits per heavy atom. The fourth-order valence-corrected chi connectivity index (χ4v) is 2.40. The van der Waals surface area contributed by atoms with E-state index in [2.05, 4.69) is 10.1 Å². The van der Waals surface area contributed by atoms with Gasteiger partial charge < -0.3 is 0 Å². The van der Waals surface area contributed by atoms with Gasteiger partial charge in [0.05, 0.1) is 6.42 Å². The molecule has 0 saturated heterocycles. The molecule has 1 aliphatic rings. The molecular weight excluding hydrogens is 266 g/mol. The number of nitrogens with zero attached hydrogens (tertiary/aromatic N) is 3. The first-order valence-corrected chi connectivity index (χ1v) is 6.88. The van der Waals surface area contributed by atoms with Crippen LogP contribution in [0.15, 0.2) is 46.3 Å². The van der Waals surface area contributed by atoms with Gasteiger partial charge in [-0.1, -0.05) is 30.3 Å². The molecule has 1 aliphatic heterocycles. The zero-order chi connectivity index (χ0) is 14.8. The van der Waals surface area contributed by atoms with Gasteiger partial charge in [0.1, 0.15) is 5.82 Å². The highest BCUT2D eigenvalue weighted by molar-refractivity contribution is 6.09. The molecule has 0 atom stereocenters. The minimum atomic E-state index is -0.193. The lowest BCUT2D eigenvalue weighted by atomic mass is 10.0. The summed E-state index contributed by atoms with van der Waals surface area (Å²) in [6.07, 6.45) is 1.54. The molecule has 0 N–H and O–H groups in total. The van der Waals surface area contributed by atoms with Crippen molar-refractivity contribution in [1.29, 1.82) is 0 Å². The average molecular weight is 281 g/mol. The van der Waals surface area contributed by atoms with Crippen LogP contribution in [0.3, 0.4) is 0 Å². The van der Waals surface area contributed by atoms with E-state index in [1.165, 1.54) is 10.7 Å². The SMILES string of the molecule is Cc1cc(=O)n2c(n1)CCC(CC(=O)c1ccccc1)=N2. The highest BCUT2D eigenvalue weighted by Gasteiger charge is 2.17. The number of benzene rings is 1. The van der Waals surface area contributed by atoms with Crippen molar-refractivity contribution in [3.63, 3.8) is 0 Å². The van der Waals surface area contributed by atoms with E-state index >= 15 is 0 Å². The van der Waals surface area contributed by atoms with Gasteiger partial charge in [0.15, 0.2) is 5.78 Å². The fourth-order valence-electron chi connectivity index (χ4n) is 2.40. The summed E-state index contributed by atoms with van der Waals surface area (Å²) in [5.74, 6) is 0.682. The van der Waals surface area contributed by atoms with Crippen molar-refractivity contribution in [2.75, 3.05) is 0 Å². The molecule has 0 spiro atoms. The van der Waals surface area contributed by atoms with Crippen molar-refractivity contribution in [2.24, 2.45) is 5.10 Å². The van der Waals surface area contributed by atoms with Crippen LogP contribution >= 0.6 is 0 Å². The summed E-state index contributed by atoms with van der Waals surface area (Å²) in [4.78, 5) is 28.4. The maximum absolute atomic E-state index is 12.2. The minimum Gasteiger partial charge on any atom is -0.294 e. The lowest BCUT2D eigenvalue weighted by molar-refractivity contribution is 0.1000. The lowest BCUT2D eigenvalue weighted by Gasteiger charge is -2.15. The number of rotatable bonds is 3. The smallest absolute Gasteiger partial charge is 0.274 e. The molecule has 1 aromatic carbocycles. The number of hydrogen-bond donors (Lipinski definition) is 0. The number of aryl methyl sites for hydroxylation is 2. The van der Waals surface area contributed by atoms with Crippen LogP contribution in [-0.4, -0.2) is 21.2 Å². The molecule has 2 heterocycles. The number of ketones is 1. The number of carbonyl (C=O) groups excluding carboxylic acids is 1. The Bertz CT molecular complexity index is 776. The molecule has 0 aliphatic carbocycles. The highest BCUT2D eigenvalue weighted by atomic mass is 16.1. The van der Waals surface area contributed by atoms with Crippen LogP contribution in [0.25, 0.3) is 0 Å². The Hall–Kier alpha value is -2.56. The van der Waals surface area contributed by atoms with E-state index in [1.807, 2.05) is 18.2 Å². The van der Waals surface area contributed by atoms with Crippen molar-refractivity contribution in [3.05, 3.63) is 63.8 Å². The number of Topliss-reactive ketones (excluding diaryl/α,β-unsaturated/α-hetero) is 1. The predicted octanol–water partition coefficient (Wildman–Crippen LogP) is 1.98. The molecule has 21 heavy (non-hydrogen) atoms. The largest absolute Gasteiger partial charge is 0.294 e. The maximum atomic E-state index is 12.2. The quantitative estimate of drug-likeness (QED) is 0.808. The maximum Gasteiger partial charge on any atom is 0.274 e. The zero-order valence-corrected chi connectivity index (χ0v) is 11.7. The second kappa shape index (κ2) is 5.44. The van der Waals surface area contributed by atoms with E-state index in [0.717, 1.165) is 5.71 Å². The van der Waals surface area contributed by atoms with Gasteiger partial charge in [-0.05, 0) is 13.3 Å². The molecule has 0 radical (unpaired) electrons. The third-order valence-corrected chi connectivity index (χ3v) is 3.43. The van der Waals surface area contributed by atoms with E-state index < -0.39 is 0 Å². The third kappa shape index (κ3) is 2.81. The monoisotopic (exact) mass is 281 g/mol. The summed E-state index contributed by atoms with van der Waals surface area (Å²) >= 11 is 0. The first kappa shape index (κ1) is 13.4. The molecule has 0 unspecified atom stereocenters. The normalized spacial score (nSPS) is 13.5. The molecule has 106 valence electrons. The van der Waals surface area contributed by atoms with Crippen LogP contribution < -0.4 is 5.56 Å². The Labute approximate surface area is 122 Å². The Morgan fingerprint density at radius 1 is 1.24 bits per heavy atom. The first-order valence-electron chi connectivity index (χ1n) is 6.88. The van der Waals surface area contributed by atoms with E-state index in [-0.39, 0.29) is 17.8 Å². The molecule has 0 fully saturated rings. The number of hydrogen-bond acceptors (Lipinski definition) is 4. The van der Waals surface area contributed by atoms with Gasteiger partial charge in [-0.25, -0.2) is 4.98 Å². The summed E-state index contributed by atoms with van der Waals surface area (Å²) in [7, 11) is 0. The molecule has 0 saturated carbocycles. The van der Waals surface area contributed by atoms with Gasteiger partial charge in [-0.15, -0.1) is 0 Å². The number of aromatic nitrogens is 2. The van der Waals surface area contributed by atoms with Crippen molar-refractivity contribution < 1.29 is 4.79 Å². The highest BCUT2D eigenvalue weighted by Crippen LogP contribution is 2.12. The number of carbonyl (C=O) groups is 1. The Kier molecular flexibility index (Phi) is 3.48.